The molecule has 1 aromatic rings. The Morgan fingerprint density at radius 2 is 2.44 bits per heavy atom. The lowest BCUT2D eigenvalue weighted by molar-refractivity contribution is 0.0654. The molecule has 2 heterocycles. The number of aromatic nitrogens is 2. The van der Waals surface area contributed by atoms with Crippen molar-refractivity contribution in [2.45, 2.75) is 26.2 Å². The van der Waals surface area contributed by atoms with Crippen LogP contribution in [0.1, 0.15) is 35.3 Å². The molecule has 1 aliphatic heterocycles. The number of likely N-dealkylation sites (tertiary alicyclic amines) is 1. The topological polar surface area (TPSA) is 95.2 Å². The molecule has 1 aliphatic rings. The normalized spacial score (nSPS) is 20.1. The number of hydrogen-bond donors (Lipinski definition) is 3. The van der Waals surface area contributed by atoms with E-state index < -0.39 is 0 Å². The molecule has 4 N–H and O–H groups in total. The average Bonchev–Trinajstić information content (AvgIpc) is 2.69. The van der Waals surface area contributed by atoms with Crippen molar-refractivity contribution in [3.8, 4) is 0 Å². The second-order valence-corrected chi connectivity index (χ2v) is 4.88. The third-order valence-electron chi connectivity index (χ3n) is 3.53. The second-order valence-electron chi connectivity index (χ2n) is 4.88. The van der Waals surface area contributed by atoms with Crippen LogP contribution >= 0.6 is 0 Å². The van der Waals surface area contributed by atoms with Crippen molar-refractivity contribution in [1.82, 2.24) is 15.1 Å². The van der Waals surface area contributed by atoms with Crippen LogP contribution in [0.3, 0.4) is 0 Å². The summed E-state index contributed by atoms with van der Waals surface area (Å²) >= 11 is 0. The molecule has 1 amide bonds. The summed E-state index contributed by atoms with van der Waals surface area (Å²) < 4.78 is 0. The van der Waals surface area contributed by atoms with Gasteiger partial charge in [0.2, 0.25) is 0 Å². The van der Waals surface area contributed by atoms with E-state index in [1.165, 1.54) is 0 Å². The number of rotatable bonds is 3. The van der Waals surface area contributed by atoms with Crippen molar-refractivity contribution in [2.24, 2.45) is 5.92 Å². The van der Waals surface area contributed by atoms with Gasteiger partial charge >= 0.3 is 0 Å². The molecule has 1 aromatic heterocycles. The number of carbonyl (C=O) groups is 1. The van der Waals surface area contributed by atoms with Gasteiger partial charge in [-0.1, -0.05) is 0 Å². The number of aliphatic hydroxyl groups is 1. The Morgan fingerprint density at radius 1 is 1.67 bits per heavy atom. The zero-order chi connectivity index (χ0) is 13.1. The number of anilines is 1. The van der Waals surface area contributed by atoms with Crippen LogP contribution in [-0.2, 0) is 0 Å². The predicted molar refractivity (Wildman–Crippen MR) is 68.1 cm³/mol. The van der Waals surface area contributed by atoms with Crippen molar-refractivity contribution in [1.29, 1.82) is 0 Å². The Labute approximate surface area is 106 Å². The van der Waals surface area contributed by atoms with Crippen molar-refractivity contribution < 1.29 is 9.90 Å². The first kappa shape index (κ1) is 12.9. The Morgan fingerprint density at radius 3 is 3.06 bits per heavy atom. The van der Waals surface area contributed by atoms with Gasteiger partial charge in [0.25, 0.3) is 5.91 Å². The number of nitrogens with one attached hydrogen (secondary N) is 1. The first-order valence-electron chi connectivity index (χ1n) is 6.34. The van der Waals surface area contributed by atoms with E-state index in [4.69, 9.17) is 10.8 Å². The highest BCUT2D eigenvalue weighted by molar-refractivity contribution is 5.99. The molecule has 18 heavy (non-hydrogen) atoms. The largest absolute Gasteiger partial charge is 0.396 e. The van der Waals surface area contributed by atoms with Crippen LogP contribution < -0.4 is 5.73 Å². The maximum Gasteiger partial charge on any atom is 0.259 e. The molecule has 2 rings (SSSR count). The molecule has 0 radical (unpaired) electrons. The van der Waals surface area contributed by atoms with Crippen LogP contribution in [0.15, 0.2) is 0 Å². The standard InChI is InChI=1S/C12H20N4O2/c1-8-10(11(13)15-14-8)12(18)16-5-2-3-9(7-16)4-6-17/h9,17H,2-7H2,1H3,(H3,13,14,15). The monoisotopic (exact) mass is 252 g/mol. The number of nitrogen functional groups attached to an aromatic ring is 1. The number of nitrogens with two attached hydrogens (primary N) is 1. The molecule has 0 spiro atoms. The van der Waals surface area contributed by atoms with Crippen molar-refractivity contribution >= 4 is 11.7 Å². The molecule has 1 unspecified atom stereocenters. The van der Waals surface area contributed by atoms with Crippen LogP contribution in [0, 0.1) is 12.8 Å². The average molecular weight is 252 g/mol. The summed E-state index contributed by atoms with van der Waals surface area (Å²) in [5, 5.41) is 15.6. The van der Waals surface area contributed by atoms with E-state index in [2.05, 4.69) is 10.2 Å². The lowest BCUT2D eigenvalue weighted by Crippen LogP contribution is -2.40. The molecule has 1 fully saturated rings. The van der Waals surface area contributed by atoms with Gasteiger partial charge in [-0.2, -0.15) is 5.10 Å². The highest BCUT2D eigenvalue weighted by Gasteiger charge is 2.27. The van der Waals surface area contributed by atoms with Gasteiger partial charge in [-0.25, -0.2) is 0 Å². The van der Waals surface area contributed by atoms with Gasteiger partial charge in [-0.3, -0.25) is 9.89 Å². The third kappa shape index (κ3) is 2.48. The van der Waals surface area contributed by atoms with Gasteiger partial charge in [0.1, 0.15) is 5.56 Å². The van der Waals surface area contributed by atoms with Gasteiger partial charge < -0.3 is 15.7 Å². The van der Waals surface area contributed by atoms with E-state index >= 15 is 0 Å². The Hall–Kier alpha value is -1.56. The second kappa shape index (κ2) is 5.39. The molecule has 100 valence electrons. The van der Waals surface area contributed by atoms with E-state index in [9.17, 15) is 4.79 Å². The highest BCUT2D eigenvalue weighted by Crippen LogP contribution is 2.23. The number of aromatic amines is 1. The van der Waals surface area contributed by atoms with Crippen LogP contribution in [0.5, 0.6) is 0 Å². The summed E-state index contributed by atoms with van der Waals surface area (Å²) in [5.74, 6) is 0.601. The van der Waals surface area contributed by atoms with Gasteiger partial charge in [0, 0.05) is 25.4 Å². The number of H-pyrrole nitrogens is 1. The molecular weight excluding hydrogens is 232 g/mol. The van der Waals surface area contributed by atoms with Gasteiger partial charge in [-0.05, 0) is 32.1 Å². The lowest BCUT2D eigenvalue weighted by atomic mass is 9.94. The van der Waals surface area contributed by atoms with Crippen LogP contribution in [0.2, 0.25) is 0 Å². The number of nitrogens with zero attached hydrogens (tertiary/aromatic N) is 2. The minimum Gasteiger partial charge on any atom is -0.396 e. The van der Waals surface area contributed by atoms with Crippen LogP contribution in [0.25, 0.3) is 0 Å². The molecule has 0 aromatic carbocycles. The SMILES string of the molecule is Cc1[nH]nc(N)c1C(=O)N1CCCC(CCO)C1. The van der Waals surface area contributed by atoms with Gasteiger partial charge in [-0.15, -0.1) is 0 Å². The molecule has 0 aliphatic carbocycles. The quantitative estimate of drug-likeness (QED) is 0.731. The Kier molecular flexibility index (Phi) is 3.86. The fraction of sp³-hybridized carbons (Fsp3) is 0.667. The van der Waals surface area contributed by atoms with Crippen LogP contribution in [-0.4, -0.2) is 45.8 Å². The Balaban J connectivity index is 2.09. The summed E-state index contributed by atoms with van der Waals surface area (Å²) in [4.78, 5) is 14.2. The minimum atomic E-state index is -0.0543. The van der Waals surface area contributed by atoms with Crippen molar-refractivity contribution in [3.63, 3.8) is 0 Å². The molecule has 6 heteroatoms. The highest BCUT2D eigenvalue weighted by atomic mass is 16.3. The first-order valence-corrected chi connectivity index (χ1v) is 6.34. The van der Waals surface area contributed by atoms with E-state index in [1.54, 1.807) is 6.92 Å². The number of hydrogen-bond acceptors (Lipinski definition) is 4. The summed E-state index contributed by atoms with van der Waals surface area (Å²) in [6.07, 6.45) is 2.81. The molecule has 6 nitrogen and oxygen atoms in total. The van der Waals surface area contributed by atoms with E-state index in [1.807, 2.05) is 4.90 Å². The minimum absolute atomic E-state index is 0.0543. The number of amides is 1. The molecule has 0 saturated carbocycles. The van der Waals surface area contributed by atoms with Crippen LogP contribution in [0.4, 0.5) is 5.82 Å². The van der Waals surface area contributed by atoms with Gasteiger partial charge in [0.05, 0.1) is 0 Å². The molecule has 1 atom stereocenters. The van der Waals surface area contributed by atoms with E-state index in [0.717, 1.165) is 25.8 Å². The summed E-state index contributed by atoms with van der Waals surface area (Å²) in [6, 6.07) is 0. The fourth-order valence-electron chi connectivity index (χ4n) is 2.54. The van der Waals surface area contributed by atoms with Crippen molar-refractivity contribution in [2.75, 3.05) is 25.4 Å². The van der Waals surface area contributed by atoms with Crippen molar-refractivity contribution in [3.05, 3.63) is 11.3 Å². The predicted octanol–water partition coefficient (Wildman–Crippen LogP) is 0.535. The third-order valence-corrected chi connectivity index (χ3v) is 3.53. The number of carbonyl (C=O) groups excluding carboxylic acids is 1. The maximum absolute atomic E-state index is 12.4. The van der Waals surface area contributed by atoms with E-state index in [0.29, 0.717) is 23.7 Å². The number of aliphatic hydroxyl groups excluding tert-OH is 1. The smallest absolute Gasteiger partial charge is 0.259 e. The number of aryl methyl sites for hydroxylation is 1. The molecule has 0 bridgehead atoms. The number of piperidine rings is 1. The zero-order valence-corrected chi connectivity index (χ0v) is 10.6. The van der Waals surface area contributed by atoms with E-state index in [-0.39, 0.29) is 18.3 Å². The summed E-state index contributed by atoms with van der Waals surface area (Å²) in [6.45, 7) is 3.43. The molecular formula is C12H20N4O2. The lowest BCUT2D eigenvalue weighted by Gasteiger charge is -2.32. The summed E-state index contributed by atoms with van der Waals surface area (Å²) in [7, 11) is 0. The van der Waals surface area contributed by atoms with Gasteiger partial charge in [0.15, 0.2) is 5.82 Å². The summed E-state index contributed by atoms with van der Waals surface area (Å²) in [5.41, 5.74) is 6.91. The Bertz CT molecular complexity index is 408. The fourth-order valence-corrected chi connectivity index (χ4v) is 2.54. The first-order chi connectivity index (χ1) is 8.63. The zero-order valence-electron chi connectivity index (χ0n) is 10.6. The maximum atomic E-state index is 12.4. The molecule has 1 saturated heterocycles.